The van der Waals surface area contributed by atoms with Crippen molar-refractivity contribution in [2.24, 2.45) is 0 Å². The minimum atomic E-state index is -0.198. The van der Waals surface area contributed by atoms with Crippen LogP contribution in [0.3, 0.4) is 0 Å². The van der Waals surface area contributed by atoms with Gasteiger partial charge in [0.2, 0.25) is 0 Å². The smallest absolute Gasteiger partial charge is 0.409 e. The van der Waals surface area contributed by atoms with Crippen molar-refractivity contribution in [2.45, 2.75) is 39.2 Å². The molecule has 1 aromatic rings. The number of piperidine rings is 1. The third-order valence-corrected chi connectivity index (χ3v) is 5.16. The molecule has 1 fully saturated rings. The third-order valence-electron chi connectivity index (χ3n) is 4.16. The molecule has 1 aliphatic rings. The highest BCUT2D eigenvalue weighted by Crippen LogP contribution is 2.18. The number of carbonyl (C=O) groups excluding carboxylic acids is 1. The average molecular weight is 311 g/mol. The van der Waals surface area contributed by atoms with Gasteiger partial charge < -0.3 is 14.5 Å². The van der Waals surface area contributed by atoms with Gasteiger partial charge in [-0.25, -0.2) is 9.78 Å². The number of nitrogens with zero attached hydrogens (tertiary/aromatic N) is 3. The molecule has 1 amide bonds. The van der Waals surface area contributed by atoms with Crippen LogP contribution >= 0.6 is 11.3 Å². The first-order chi connectivity index (χ1) is 10.1. The number of likely N-dealkylation sites (tertiary alicyclic amines) is 1. The van der Waals surface area contributed by atoms with E-state index in [0.29, 0.717) is 12.6 Å². The fourth-order valence-corrected chi connectivity index (χ4v) is 3.50. The van der Waals surface area contributed by atoms with Crippen LogP contribution in [0.5, 0.6) is 0 Å². The van der Waals surface area contributed by atoms with E-state index in [1.165, 1.54) is 4.88 Å². The van der Waals surface area contributed by atoms with Gasteiger partial charge in [0, 0.05) is 37.6 Å². The Morgan fingerprint density at radius 3 is 2.81 bits per heavy atom. The Kier molecular flexibility index (Phi) is 5.99. The standard InChI is InChI=1S/C15H25N3O2S/c1-4-20-15(19)17(3)13-5-8-18(9-6-13)10-7-14-12(2)16-11-21-14/h11,13H,4-10H2,1-3H3. The largest absolute Gasteiger partial charge is 0.450 e. The molecule has 2 heterocycles. The Hall–Kier alpha value is -1.14. The summed E-state index contributed by atoms with van der Waals surface area (Å²) in [4.78, 5) is 21.6. The first-order valence-electron chi connectivity index (χ1n) is 7.62. The summed E-state index contributed by atoms with van der Waals surface area (Å²) in [6, 6.07) is 0.311. The second-order valence-electron chi connectivity index (χ2n) is 5.49. The van der Waals surface area contributed by atoms with Gasteiger partial charge in [-0.2, -0.15) is 0 Å². The molecule has 1 aromatic heterocycles. The van der Waals surface area contributed by atoms with Crippen LogP contribution in [-0.4, -0.2) is 60.2 Å². The van der Waals surface area contributed by atoms with Crippen LogP contribution in [0.15, 0.2) is 5.51 Å². The Balaban J connectivity index is 1.73. The third kappa shape index (κ3) is 4.41. The van der Waals surface area contributed by atoms with E-state index >= 15 is 0 Å². The number of amides is 1. The molecule has 0 aliphatic carbocycles. The predicted octanol–water partition coefficient (Wildman–Crippen LogP) is 2.55. The zero-order valence-electron chi connectivity index (χ0n) is 13.2. The van der Waals surface area contributed by atoms with Crippen molar-refractivity contribution in [3.05, 3.63) is 16.1 Å². The first-order valence-corrected chi connectivity index (χ1v) is 8.50. The maximum absolute atomic E-state index is 11.7. The molecule has 1 aliphatic heterocycles. The molecule has 0 spiro atoms. The highest BCUT2D eigenvalue weighted by molar-refractivity contribution is 7.09. The molecule has 21 heavy (non-hydrogen) atoms. The molecular weight excluding hydrogens is 286 g/mol. The van der Waals surface area contributed by atoms with Gasteiger partial charge in [0.25, 0.3) is 0 Å². The van der Waals surface area contributed by atoms with Gasteiger partial charge in [0.1, 0.15) is 0 Å². The molecule has 0 atom stereocenters. The molecule has 0 bridgehead atoms. The number of aromatic nitrogens is 1. The van der Waals surface area contributed by atoms with E-state index in [2.05, 4.69) is 16.8 Å². The summed E-state index contributed by atoms with van der Waals surface area (Å²) in [5.41, 5.74) is 3.09. The molecule has 0 unspecified atom stereocenters. The van der Waals surface area contributed by atoms with Crippen LogP contribution in [0, 0.1) is 6.92 Å². The molecule has 1 saturated heterocycles. The monoisotopic (exact) mass is 311 g/mol. The summed E-state index contributed by atoms with van der Waals surface area (Å²) < 4.78 is 5.06. The summed E-state index contributed by atoms with van der Waals surface area (Å²) in [6.07, 6.45) is 2.93. The van der Waals surface area contributed by atoms with Crippen molar-refractivity contribution in [2.75, 3.05) is 33.3 Å². The highest BCUT2D eigenvalue weighted by Gasteiger charge is 2.25. The minimum absolute atomic E-state index is 0.198. The van der Waals surface area contributed by atoms with Crippen LogP contribution in [0.4, 0.5) is 4.79 Å². The Labute approximate surface area is 130 Å². The number of ether oxygens (including phenoxy) is 1. The predicted molar refractivity (Wildman–Crippen MR) is 84.8 cm³/mol. The lowest BCUT2D eigenvalue weighted by atomic mass is 10.0. The van der Waals surface area contributed by atoms with Crippen molar-refractivity contribution in [3.63, 3.8) is 0 Å². The second-order valence-corrected chi connectivity index (χ2v) is 6.43. The Morgan fingerprint density at radius 2 is 2.24 bits per heavy atom. The molecule has 2 rings (SSSR count). The average Bonchev–Trinajstić information content (AvgIpc) is 2.90. The van der Waals surface area contributed by atoms with Crippen LogP contribution < -0.4 is 0 Å². The maximum Gasteiger partial charge on any atom is 0.409 e. The lowest BCUT2D eigenvalue weighted by Crippen LogP contribution is -2.46. The Morgan fingerprint density at radius 1 is 1.52 bits per heavy atom. The quantitative estimate of drug-likeness (QED) is 0.838. The van der Waals surface area contributed by atoms with Gasteiger partial charge in [-0.15, -0.1) is 11.3 Å². The van der Waals surface area contributed by atoms with Crippen LogP contribution in [0.1, 0.15) is 30.3 Å². The first kappa shape index (κ1) is 16.2. The summed E-state index contributed by atoms with van der Waals surface area (Å²) in [7, 11) is 1.85. The van der Waals surface area contributed by atoms with Gasteiger partial charge in [0.15, 0.2) is 0 Å². The molecule has 6 heteroatoms. The van der Waals surface area contributed by atoms with E-state index in [4.69, 9.17) is 4.74 Å². The fraction of sp³-hybridized carbons (Fsp3) is 0.733. The van der Waals surface area contributed by atoms with Crippen molar-refractivity contribution in [1.82, 2.24) is 14.8 Å². The van der Waals surface area contributed by atoms with Gasteiger partial charge in [0.05, 0.1) is 17.8 Å². The highest BCUT2D eigenvalue weighted by atomic mass is 32.1. The van der Waals surface area contributed by atoms with Crippen LogP contribution in [0.25, 0.3) is 0 Å². The van der Waals surface area contributed by atoms with Crippen LogP contribution in [-0.2, 0) is 11.2 Å². The van der Waals surface area contributed by atoms with E-state index in [1.807, 2.05) is 19.5 Å². The van der Waals surface area contributed by atoms with Gasteiger partial charge >= 0.3 is 6.09 Å². The zero-order valence-corrected chi connectivity index (χ0v) is 14.0. The number of aryl methyl sites for hydroxylation is 1. The minimum Gasteiger partial charge on any atom is -0.450 e. The molecule has 0 saturated carbocycles. The Bertz CT molecular complexity index is 456. The summed E-state index contributed by atoms with van der Waals surface area (Å²) in [5.74, 6) is 0. The molecule has 118 valence electrons. The van der Waals surface area contributed by atoms with Gasteiger partial charge in [-0.3, -0.25) is 0 Å². The van der Waals surface area contributed by atoms with Crippen molar-refractivity contribution >= 4 is 17.4 Å². The van der Waals surface area contributed by atoms with E-state index in [-0.39, 0.29) is 6.09 Å². The van der Waals surface area contributed by atoms with E-state index in [9.17, 15) is 4.79 Å². The number of carbonyl (C=O) groups is 1. The lowest BCUT2D eigenvalue weighted by Gasteiger charge is -2.36. The zero-order chi connectivity index (χ0) is 15.2. The number of hydrogen-bond acceptors (Lipinski definition) is 5. The SMILES string of the molecule is CCOC(=O)N(C)C1CCN(CCc2scnc2C)CC1. The summed E-state index contributed by atoms with van der Waals surface area (Å²) in [6.45, 7) is 7.54. The number of thiazole rings is 1. The maximum atomic E-state index is 11.7. The molecule has 0 N–H and O–H groups in total. The molecular formula is C15H25N3O2S. The molecule has 0 aromatic carbocycles. The molecule has 0 radical (unpaired) electrons. The summed E-state index contributed by atoms with van der Waals surface area (Å²) in [5, 5.41) is 0. The number of hydrogen-bond donors (Lipinski definition) is 0. The van der Waals surface area contributed by atoms with Crippen LogP contribution in [0.2, 0.25) is 0 Å². The van der Waals surface area contributed by atoms with E-state index in [1.54, 1.807) is 16.2 Å². The van der Waals surface area contributed by atoms with Crippen molar-refractivity contribution in [3.8, 4) is 0 Å². The van der Waals surface area contributed by atoms with E-state index in [0.717, 1.165) is 44.6 Å². The van der Waals surface area contributed by atoms with E-state index < -0.39 is 0 Å². The fourth-order valence-electron chi connectivity index (χ4n) is 2.73. The lowest BCUT2D eigenvalue weighted by molar-refractivity contribution is 0.0805. The topological polar surface area (TPSA) is 45.7 Å². The summed E-state index contributed by atoms with van der Waals surface area (Å²) >= 11 is 1.75. The van der Waals surface area contributed by atoms with Crippen molar-refractivity contribution < 1.29 is 9.53 Å². The van der Waals surface area contributed by atoms with Crippen molar-refractivity contribution in [1.29, 1.82) is 0 Å². The second kappa shape index (κ2) is 7.75. The normalized spacial score (nSPS) is 16.9. The molecule has 5 nitrogen and oxygen atoms in total. The number of rotatable bonds is 5. The van der Waals surface area contributed by atoms with Gasteiger partial charge in [-0.1, -0.05) is 0 Å². The van der Waals surface area contributed by atoms with Gasteiger partial charge in [-0.05, 0) is 33.1 Å².